The van der Waals surface area contributed by atoms with Crippen LogP contribution < -0.4 is 5.32 Å². The first-order valence-electron chi connectivity index (χ1n) is 10.1. The fourth-order valence-corrected chi connectivity index (χ4v) is 4.70. The Kier molecular flexibility index (Phi) is 6.55. The largest absolute Gasteiger partial charge is 0.355 e. The summed E-state index contributed by atoms with van der Waals surface area (Å²) in [5.41, 5.74) is 1.80. The number of hydrogen-bond acceptors (Lipinski definition) is 3. The van der Waals surface area contributed by atoms with Crippen LogP contribution in [-0.2, 0) is 16.0 Å². The minimum atomic E-state index is -0.562. The molecule has 1 aliphatic heterocycles. The molecule has 0 unspecified atom stereocenters. The van der Waals surface area contributed by atoms with Gasteiger partial charge in [-0.2, -0.15) is 0 Å². The van der Waals surface area contributed by atoms with Gasteiger partial charge in [0.2, 0.25) is 11.8 Å². The molecule has 28 heavy (non-hydrogen) atoms. The van der Waals surface area contributed by atoms with Crippen molar-refractivity contribution in [2.75, 3.05) is 19.6 Å². The molecule has 1 atom stereocenters. The number of hydrogen-bond donors (Lipinski definition) is 1. The van der Waals surface area contributed by atoms with Crippen molar-refractivity contribution < 1.29 is 9.59 Å². The Hall–Kier alpha value is -2.14. The van der Waals surface area contributed by atoms with E-state index in [0.717, 1.165) is 0 Å². The van der Waals surface area contributed by atoms with Crippen LogP contribution in [0.25, 0.3) is 10.4 Å². The number of thiophene rings is 1. The second kappa shape index (κ2) is 8.91. The van der Waals surface area contributed by atoms with Crippen LogP contribution in [-0.4, -0.2) is 36.3 Å². The molecule has 5 heteroatoms. The number of likely N-dealkylation sites (tertiary alicyclic amines) is 1. The zero-order valence-corrected chi connectivity index (χ0v) is 17.8. The van der Waals surface area contributed by atoms with Crippen LogP contribution in [0.5, 0.6) is 0 Å². The highest BCUT2D eigenvalue weighted by atomic mass is 32.1. The number of benzene rings is 1. The van der Waals surface area contributed by atoms with Crippen LogP contribution in [0.1, 0.15) is 39.2 Å². The minimum Gasteiger partial charge on any atom is -0.355 e. The van der Waals surface area contributed by atoms with Crippen molar-refractivity contribution in [2.45, 2.75) is 40.0 Å². The third kappa shape index (κ3) is 4.46. The van der Waals surface area contributed by atoms with Gasteiger partial charge >= 0.3 is 0 Å². The van der Waals surface area contributed by atoms with Crippen molar-refractivity contribution in [3.8, 4) is 10.4 Å². The first-order valence-corrected chi connectivity index (χ1v) is 11.0. The molecule has 1 fully saturated rings. The van der Waals surface area contributed by atoms with E-state index in [4.69, 9.17) is 0 Å². The molecule has 0 bridgehead atoms. The lowest BCUT2D eigenvalue weighted by molar-refractivity contribution is -0.133. The summed E-state index contributed by atoms with van der Waals surface area (Å²) in [6, 6.07) is 12.5. The predicted octanol–water partition coefficient (Wildman–Crippen LogP) is 4.36. The Labute approximate surface area is 172 Å². The number of nitrogens with one attached hydrogen (secondary N) is 1. The third-order valence-corrected chi connectivity index (χ3v) is 6.40. The van der Waals surface area contributed by atoms with Gasteiger partial charge in [0.1, 0.15) is 0 Å². The quantitative estimate of drug-likeness (QED) is 0.753. The molecule has 1 N–H and O–H groups in total. The summed E-state index contributed by atoms with van der Waals surface area (Å²) in [4.78, 5) is 28.7. The molecular weight excluding hydrogens is 368 g/mol. The van der Waals surface area contributed by atoms with Gasteiger partial charge in [-0.25, -0.2) is 0 Å². The molecule has 1 saturated heterocycles. The van der Waals surface area contributed by atoms with Gasteiger partial charge in [-0.3, -0.25) is 9.59 Å². The number of carbonyl (C=O) groups excluding carboxylic acids is 2. The molecule has 2 aromatic rings. The number of amides is 2. The van der Waals surface area contributed by atoms with E-state index < -0.39 is 5.41 Å². The van der Waals surface area contributed by atoms with Gasteiger partial charge in [0.15, 0.2) is 0 Å². The highest BCUT2D eigenvalue weighted by molar-refractivity contribution is 7.13. The Bertz CT molecular complexity index is 816. The van der Waals surface area contributed by atoms with Gasteiger partial charge in [-0.15, -0.1) is 11.3 Å². The molecule has 1 aromatic carbocycles. The zero-order valence-electron chi connectivity index (χ0n) is 17.0. The topological polar surface area (TPSA) is 49.4 Å². The molecule has 0 spiro atoms. The molecular formula is C23H30N2O2S. The summed E-state index contributed by atoms with van der Waals surface area (Å²) in [5.74, 6) is 0.604. The Morgan fingerprint density at radius 1 is 1.21 bits per heavy atom. The highest BCUT2D eigenvalue weighted by Crippen LogP contribution is 2.38. The first kappa shape index (κ1) is 20.6. The molecule has 1 aliphatic rings. The standard InChI is InChI=1S/C23H30N2O2S/c1-4-21(26)25-12-11-23(16-25,22(27)24-15-17(2)3)14-18-8-5-6-9-19(18)20-10-7-13-28-20/h5-10,13,17H,4,11-12,14-16H2,1-3H3,(H,24,27)/t23-/m1/s1. The van der Waals surface area contributed by atoms with Crippen molar-refractivity contribution in [1.29, 1.82) is 0 Å². The normalized spacial score (nSPS) is 19.2. The van der Waals surface area contributed by atoms with E-state index in [9.17, 15) is 9.59 Å². The van der Waals surface area contributed by atoms with E-state index in [1.165, 1.54) is 16.0 Å². The molecule has 4 nitrogen and oxygen atoms in total. The maximum atomic E-state index is 13.3. The van der Waals surface area contributed by atoms with Crippen molar-refractivity contribution in [2.24, 2.45) is 11.3 Å². The van der Waals surface area contributed by atoms with Gasteiger partial charge in [0.25, 0.3) is 0 Å². The van der Waals surface area contributed by atoms with Crippen LogP contribution in [0.4, 0.5) is 0 Å². The van der Waals surface area contributed by atoms with Gasteiger partial charge in [-0.1, -0.05) is 51.1 Å². The van der Waals surface area contributed by atoms with Crippen LogP contribution in [0, 0.1) is 11.3 Å². The first-order chi connectivity index (χ1) is 13.4. The second-order valence-corrected chi connectivity index (χ2v) is 9.06. The van der Waals surface area contributed by atoms with Gasteiger partial charge < -0.3 is 10.2 Å². The SMILES string of the molecule is CCC(=O)N1CC[C@](Cc2ccccc2-c2cccs2)(C(=O)NCC(C)C)C1. The molecule has 2 amide bonds. The smallest absolute Gasteiger partial charge is 0.228 e. The van der Waals surface area contributed by atoms with E-state index >= 15 is 0 Å². The minimum absolute atomic E-state index is 0.0774. The summed E-state index contributed by atoms with van der Waals surface area (Å²) in [7, 11) is 0. The lowest BCUT2D eigenvalue weighted by atomic mass is 9.78. The van der Waals surface area contributed by atoms with Crippen molar-refractivity contribution in [3.05, 3.63) is 47.3 Å². The van der Waals surface area contributed by atoms with E-state index in [0.29, 0.717) is 44.8 Å². The maximum absolute atomic E-state index is 13.3. The summed E-state index contributed by atoms with van der Waals surface area (Å²) < 4.78 is 0. The Balaban J connectivity index is 1.91. The average Bonchev–Trinajstić information content (AvgIpc) is 3.37. The molecule has 1 aromatic heterocycles. The monoisotopic (exact) mass is 398 g/mol. The van der Waals surface area contributed by atoms with Crippen molar-refractivity contribution in [1.82, 2.24) is 10.2 Å². The van der Waals surface area contributed by atoms with E-state index in [2.05, 4.69) is 48.8 Å². The van der Waals surface area contributed by atoms with Crippen molar-refractivity contribution in [3.63, 3.8) is 0 Å². The molecule has 0 radical (unpaired) electrons. The lowest BCUT2D eigenvalue weighted by Crippen LogP contribution is -2.46. The van der Waals surface area contributed by atoms with Crippen LogP contribution in [0.2, 0.25) is 0 Å². The fraction of sp³-hybridized carbons (Fsp3) is 0.478. The zero-order chi connectivity index (χ0) is 20.1. The third-order valence-electron chi connectivity index (χ3n) is 5.49. The second-order valence-electron chi connectivity index (χ2n) is 8.11. The number of nitrogens with zero attached hydrogens (tertiary/aromatic N) is 1. The van der Waals surface area contributed by atoms with Crippen molar-refractivity contribution >= 4 is 23.2 Å². The lowest BCUT2D eigenvalue weighted by Gasteiger charge is -2.29. The van der Waals surface area contributed by atoms with Crippen LogP contribution >= 0.6 is 11.3 Å². The fourth-order valence-electron chi connectivity index (χ4n) is 3.91. The summed E-state index contributed by atoms with van der Waals surface area (Å²) in [6.45, 7) is 7.90. The Morgan fingerprint density at radius 3 is 2.68 bits per heavy atom. The highest BCUT2D eigenvalue weighted by Gasteiger charge is 2.45. The molecule has 150 valence electrons. The van der Waals surface area contributed by atoms with Crippen LogP contribution in [0.15, 0.2) is 41.8 Å². The van der Waals surface area contributed by atoms with Gasteiger partial charge in [0.05, 0.1) is 5.41 Å². The predicted molar refractivity (Wildman–Crippen MR) is 115 cm³/mol. The van der Waals surface area contributed by atoms with E-state index in [-0.39, 0.29) is 11.8 Å². The summed E-state index contributed by atoms with van der Waals surface area (Å²) >= 11 is 1.71. The Morgan fingerprint density at radius 2 is 2.00 bits per heavy atom. The number of rotatable bonds is 7. The van der Waals surface area contributed by atoms with E-state index in [1.807, 2.05) is 24.0 Å². The van der Waals surface area contributed by atoms with Gasteiger partial charge in [0, 0.05) is 30.9 Å². The maximum Gasteiger partial charge on any atom is 0.228 e. The van der Waals surface area contributed by atoms with Crippen LogP contribution in [0.3, 0.4) is 0 Å². The number of carbonyl (C=O) groups is 2. The molecule has 0 aliphatic carbocycles. The average molecular weight is 399 g/mol. The summed E-state index contributed by atoms with van der Waals surface area (Å²) in [5, 5.41) is 5.22. The molecule has 0 saturated carbocycles. The summed E-state index contributed by atoms with van der Waals surface area (Å²) in [6.07, 6.45) is 1.84. The molecule has 3 rings (SSSR count). The molecule has 2 heterocycles. The van der Waals surface area contributed by atoms with Gasteiger partial charge in [-0.05, 0) is 41.3 Å². The van der Waals surface area contributed by atoms with E-state index in [1.54, 1.807) is 11.3 Å².